The zero-order chi connectivity index (χ0) is 27.7. The van der Waals surface area contributed by atoms with E-state index in [1.807, 2.05) is 30.3 Å². The number of aromatic nitrogens is 1. The summed E-state index contributed by atoms with van der Waals surface area (Å²) in [6, 6.07) is 11.4. The number of fused-ring (bicyclic) bond motifs is 1. The summed E-state index contributed by atoms with van der Waals surface area (Å²) in [5, 5.41) is 0.525. The van der Waals surface area contributed by atoms with Crippen molar-refractivity contribution in [1.82, 2.24) is 4.98 Å². The number of anilines is 1. The van der Waals surface area contributed by atoms with Crippen LogP contribution in [-0.4, -0.2) is 50.5 Å². The van der Waals surface area contributed by atoms with Crippen molar-refractivity contribution in [2.24, 2.45) is 0 Å². The van der Waals surface area contributed by atoms with Crippen molar-refractivity contribution >= 4 is 40.9 Å². The minimum Gasteiger partial charge on any atom is -0.493 e. The second-order valence-corrected chi connectivity index (χ2v) is 9.72. The Morgan fingerprint density at radius 1 is 1.24 bits per heavy atom. The Labute approximate surface area is 231 Å². The van der Waals surface area contributed by atoms with E-state index >= 15 is 0 Å². The molecule has 0 aliphatic carbocycles. The summed E-state index contributed by atoms with van der Waals surface area (Å²) in [6.07, 6.45) is 4.24. The van der Waals surface area contributed by atoms with E-state index in [2.05, 4.69) is 16.3 Å². The number of carbonyl (C=O) groups excluding carboxylic acids is 2. The fraction of sp³-hybridized carbons (Fsp3) is 0.321. The molecule has 2 aromatic carbocycles. The first-order valence-electron chi connectivity index (χ1n) is 11.8. The number of halogens is 1. The maximum atomic E-state index is 12.7. The van der Waals surface area contributed by atoms with E-state index in [9.17, 15) is 9.59 Å². The van der Waals surface area contributed by atoms with Crippen LogP contribution in [0.25, 0.3) is 0 Å². The lowest BCUT2D eigenvalue weighted by Crippen LogP contribution is -2.31. The average molecular weight is 559 g/mol. The third-order valence-corrected chi connectivity index (χ3v) is 7.23. The summed E-state index contributed by atoms with van der Waals surface area (Å²) < 4.78 is 20.7. The van der Waals surface area contributed by atoms with Crippen molar-refractivity contribution < 1.29 is 28.2 Å². The number of carbonyl (C=O) groups is 2. The van der Waals surface area contributed by atoms with Crippen LogP contribution < -0.4 is 14.4 Å². The van der Waals surface area contributed by atoms with Gasteiger partial charge < -0.3 is 23.5 Å². The van der Waals surface area contributed by atoms with E-state index in [0.717, 1.165) is 22.6 Å². The molecule has 0 spiro atoms. The summed E-state index contributed by atoms with van der Waals surface area (Å²) in [5.74, 6) is 2.83. The summed E-state index contributed by atoms with van der Waals surface area (Å²) in [6.45, 7) is 5.99. The zero-order valence-corrected chi connectivity index (χ0v) is 23.4. The molecule has 1 aromatic heterocycles. The number of thioether (sulfide) groups is 1. The van der Waals surface area contributed by atoms with Gasteiger partial charge in [0.2, 0.25) is 5.91 Å². The average Bonchev–Trinajstić information content (AvgIpc) is 3.30. The molecule has 4 rings (SSSR count). The monoisotopic (exact) mass is 558 g/mol. The number of amides is 1. The minimum absolute atomic E-state index is 0.0443. The van der Waals surface area contributed by atoms with E-state index < -0.39 is 0 Å². The third-order valence-electron chi connectivity index (χ3n) is 5.74. The molecule has 8 nitrogen and oxygen atoms in total. The maximum absolute atomic E-state index is 12.7. The first-order chi connectivity index (χ1) is 18.3. The predicted octanol–water partition coefficient (Wildman–Crippen LogP) is 5.80. The molecule has 0 radical (unpaired) electrons. The Morgan fingerprint density at radius 3 is 2.66 bits per heavy atom. The van der Waals surface area contributed by atoms with Crippen LogP contribution in [0.1, 0.15) is 34.4 Å². The largest absolute Gasteiger partial charge is 0.493 e. The van der Waals surface area contributed by atoms with Gasteiger partial charge in [-0.25, -0.2) is 4.98 Å². The minimum atomic E-state index is -0.232. The van der Waals surface area contributed by atoms with Gasteiger partial charge in [0.05, 0.1) is 44.9 Å². The van der Waals surface area contributed by atoms with Crippen molar-refractivity contribution in [2.75, 3.05) is 38.5 Å². The van der Waals surface area contributed by atoms with Crippen LogP contribution in [0, 0.1) is 6.92 Å². The van der Waals surface area contributed by atoms with Crippen LogP contribution in [0.15, 0.2) is 59.7 Å². The number of methoxy groups -OCH3 is 3. The van der Waals surface area contributed by atoms with Crippen LogP contribution in [0.4, 0.5) is 5.69 Å². The van der Waals surface area contributed by atoms with E-state index in [0.29, 0.717) is 47.6 Å². The van der Waals surface area contributed by atoms with E-state index in [1.54, 1.807) is 56.1 Å². The van der Waals surface area contributed by atoms with Gasteiger partial charge >= 0.3 is 5.97 Å². The molecule has 0 N–H and O–H groups in total. The highest BCUT2D eigenvalue weighted by atomic mass is 35.5. The highest BCUT2D eigenvalue weighted by Gasteiger charge is 2.31. The standard InChI is InChI=1S/C20H20ClNO3S.C8H11NO3/c1-4-10-22-16-9-8-13(21)11-15(16)20(26-12-18(22)23)14-6-5-7-17(24-2)19(14)25-3;1-6-9-5-7(12-6)3-4-8(10)11-2/h4-9,11,20H,1,10,12H2,2-3H3;5H,3-4H2,1-2H3/t20-;/m1./s1. The number of hydrogen-bond donors (Lipinski definition) is 0. The third kappa shape index (κ3) is 7.11. The summed E-state index contributed by atoms with van der Waals surface area (Å²) in [4.78, 5) is 29.0. The van der Waals surface area contributed by atoms with Crippen LogP contribution in [0.3, 0.4) is 0 Å². The second-order valence-electron chi connectivity index (χ2n) is 8.19. The lowest BCUT2D eigenvalue weighted by molar-refractivity contribution is -0.140. The molecule has 0 unspecified atom stereocenters. The van der Waals surface area contributed by atoms with Gasteiger partial charge in [-0.05, 0) is 29.8 Å². The molecule has 10 heteroatoms. The van der Waals surface area contributed by atoms with Gasteiger partial charge in [-0.15, -0.1) is 18.3 Å². The lowest BCUT2D eigenvalue weighted by Gasteiger charge is -2.24. The molecule has 0 fully saturated rings. The van der Waals surface area contributed by atoms with E-state index in [-0.39, 0.29) is 17.1 Å². The Hall–Kier alpha value is -3.43. The van der Waals surface area contributed by atoms with Crippen LogP contribution >= 0.6 is 23.4 Å². The molecule has 1 atom stereocenters. The molecule has 38 heavy (non-hydrogen) atoms. The Morgan fingerprint density at radius 2 is 2.03 bits per heavy atom. The first-order valence-corrected chi connectivity index (χ1v) is 13.3. The fourth-order valence-electron chi connectivity index (χ4n) is 3.99. The molecule has 202 valence electrons. The summed E-state index contributed by atoms with van der Waals surface area (Å²) in [5.41, 5.74) is 2.77. The van der Waals surface area contributed by atoms with E-state index in [1.165, 1.54) is 7.11 Å². The second kappa shape index (κ2) is 13.9. The topological polar surface area (TPSA) is 91.1 Å². The molecule has 3 aromatic rings. The molecule has 2 heterocycles. The van der Waals surface area contributed by atoms with Gasteiger partial charge in [-0.2, -0.15) is 0 Å². The molecule has 0 bridgehead atoms. The number of esters is 1. The summed E-state index contributed by atoms with van der Waals surface area (Å²) in [7, 11) is 4.60. The number of aryl methyl sites for hydroxylation is 2. The fourth-order valence-corrected chi connectivity index (χ4v) is 5.37. The Balaban J connectivity index is 0.000000279. The smallest absolute Gasteiger partial charge is 0.305 e. The Kier molecular flexibility index (Phi) is 10.7. The quantitative estimate of drug-likeness (QED) is 0.253. The molecule has 1 aliphatic rings. The number of oxazole rings is 1. The molecule has 0 saturated carbocycles. The zero-order valence-electron chi connectivity index (χ0n) is 21.9. The molecule has 1 amide bonds. The van der Waals surface area contributed by atoms with Gasteiger partial charge in [0, 0.05) is 36.2 Å². The molecular formula is C28H31ClN2O6S. The van der Waals surface area contributed by atoms with Crippen molar-refractivity contribution in [2.45, 2.75) is 25.0 Å². The SMILES string of the molecule is C=CCN1C(=O)CS[C@H](c2cccc(OC)c2OC)c2cc(Cl)ccc21.COC(=O)CCc1cnc(C)o1. The summed E-state index contributed by atoms with van der Waals surface area (Å²) >= 11 is 7.84. The van der Waals surface area contributed by atoms with E-state index in [4.69, 9.17) is 25.5 Å². The predicted molar refractivity (Wildman–Crippen MR) is 149 cm³/mol. The van der Waals surface area contributed by atoms with Crippen molar-refractivity contribution in [1.29, 1.82) is 0 Å². The van der Waals surface area contributed by atoms with Gasteiger partial charge in [-0.1, -0.05) is 29.8 Å². The number of nitrogens with zero attached hydrogens (tertiary/aromatic N) is 2. The highest BCUT2D eigenvalue weighted by Crippen LogP contribution is 2.48. The highest BCUT2D eigenvalue weighted by molar-refractivity contribution is 8.00. The number of ether oxygens (including phenoxy) is 3. The first kappa shape index (κ1) is 29.1. The van der Waals surface area contributed by atoms with Crippen molar-refractivity contribution in [3.63, 3.8) is 0 Å². The number of hydrogen-bond acceptors (Lipinski definition) is 8. The number of benzene rings is 2. The van der Waals surface area contributed by atoms with Crippen LogP contribution in [0.2, 0.25) is 5.02 Å². The normalized spacial score (nSPS) is 14.5. The molecule has 1 aliphatic heterocycles. The number of rotatable bonds is 8. The van der Waals surface area contributed by atoms with Crippen LogP contribution in [0.5, 0.6) is 11.5 Å². The lowest BCUT2D eigenvalue weighted by atomic mass is 10.0. The Bertz CT molecular complexity index is 1280. The molecule has 0 saturated heterocycles. The van der Waals surface area contributed by atoms with Crippen molar-refractivity contribution in [3.05, 3.63) is 83.1 Å². The van der Waals surface area contributed by atoms with Crippen LogP contribution in [-0.2, 0) is 20.7 Å². The molecular weight excluding hydrogens is 528 g/mol. The number of para-hydroxylation sites is 1. The van der Waals surface area contributed by atoms with Gasteiger partial charge in [-0.3, -0.25) is 9.59 Å². The van der Waals surface area contributed by atoms with Gasteiger partial charge in [0.15, 0.2) is 17.4 Å². The van der Waals surface area contributed by atoms with Crippen molar-refractivity contribution in [3.8, 4) is 11.5 Å². The van der Waals surface area contributed by atoms with Gasteiger partial charge in [0.25, 0.3) is 0 Å². The van der Waals surface area contributed by atoms with Gasteiger partial charge in [0.1, 0.15) is 5.76 Å². The maximum Gasteiger partial charge on any atom is 0.305 e.